The first-order valence-corrected chi connectivity index (χ1v) is 8.72. The monoisotopic (exact) mass is 377 g/mol. The van der Waals surface area contributed by atoms with Crippen molar-refractivity contribution in [3.63, 3.8) is 0 Å². The second-order valence-electron chi connectivity index (χ2n) is 6.09. The lowest BCUT2D eigenvalue weighted by atomic mass is 10.1. The van der Waals surface area contributed by atoms with Crippen LogP contribution in [-0.4, -0.2) is 15.8 Å². The van der Waals surface area contributed by atoms with E-state index in [0.717, 1.165) is 11.3 Å². The number of benzene rings is 2. The first-order chi connectivity index (χ1) is 13.6. The Morgan fingerprint density at radius 3 is 2.50 bits per heavy atom. The Hall–Kier alpha value is -3.74. The first-order valence-electron chi connectivity index (χ1n) is 8.72. The minimum Gasteiger partial charge on any atom is -0.487 e. The van der Waals surface area contributed by atoms with Gasteiger partial charge in [0, 0.05) is 24.4 Å². The lowest BCUT2D eigenvalue weighted by Gasteiger charge is -2.08. The summed E-state index contributed by atoms with van der Waals surface area (Å²) in [6.07, 6.45) is 1.68. The van der Waals surface area contributed by atoms with E-state index in [4.69, 9.17) is 4.74 Å². The summed E-state index contributed by atoms with van der Waals surface area (Å²) in [5.74, 6) is 0.436. The average molecular weight is 377 g/mol. The molecule has 7 heteroatoms. The van der Waals surface area contributed by atoms with E-state index in [2.05, 4.69) is 10.3 Å². The molecule has 1 N–H and O–H groups in total. The maximum Gasteiger partial charge on any atom is 0.273 e. The second-order valence-corrected chi connectivity index (χ2v) is 6.09. The Morgan fingerprint density at radius 2 is 1.79 bits per heavy atom. The SMILES string of the molecule is O=C(Cc1ccccc1[N+](=O)[O-])NCc1ccc(OCc2ccccn2)cc1. The van der Waals surface area contributed by atoms with Crippen molar-refractivity contribution in [2.45, 2.75) is 19.6 Å². The Kier molecular flexibility index (Phi) is 6.30. The van der Waals surface area contributed by atoms with E-state index in [0.29, 0.717) is 24.5 Å². The smallest absolute Gasteiger partial charge is 0.273 e. The number of aromatic nitrogens is 1. The minimum absolute atomic E-state index is 0.0393. The summed E-state index contributed by atoms with van der Waals surface area (Å²) in [6, 6.07) is 19.3. The Bertz CT molecular complexity index is 943. The van der Waals surface area contributed by atoms with Crippen LogP contribution in [0.2, 0.25) is 0 Å². The van der Waals surface area contributed by atoms with Gasteiger partial charge in [-0.25, -0.2) is 0 Å². The van der Waals surface area contributed by atoms with Crippen molar-refractivity contribution < 1.29 is 14.5 Å². The number of nitrogens with one attached hydrogen (secondary N) is 1. The highest BCUT2D eigenvalue weighted by molar-refractivity contribution is 5.79. The van der Waals surface area contributed by atoms with Gasteiger partial charge in [-0.1, -0.05) is 36.4 Å². The highest BCUT2D eigenvalue weighted by atomic mass is 16.6. The fourth-order valence-corrected chi connectivity index (χ4v) is 2.62. The number of rotatable bonds is 8. The molecule has 0 saturated carbocycles. The molecule has 0 aliphatic heterocycles. The molecule has 7 nitrogen and oxygen atoms in total. The zero-order valence-electron chi connectivity index (χ0n) is 15.1. The van der Waals surface area contributed by atoms with E-state index < -0.39 is 4.92 Å². The maximum absolute atomic E-state index is 12.1. The third-order valence-corrected chi connectivity index (χ3v) is 4.07. The van der Waals surface area contributed by atoms with Crippen molar-refractivity contribution in [2.75, 3.05) is 0 Å². The van der Waals surface area contributed by atoms with Crippen LogP contribution in [0.3, 0.4) is 0 Å². The van der Waals surface area contributed by atoms with Crippen LogP contribution in [0, 0.1) is 10.1 Å². The van der Waals surface area contributed by atoms with E-state index in [1.165, 1.54) is 6.07 Å². The molecule has 0 aliphatic carbocycles. The van der Waals surface area contributed by atoms with Gasteiger partial charge in [0.25, 0.3) is 5.69 Å². The molecule has 0 fully saturated rings. The fourth-order valence-electron chi connectivity index (χ4n) is 2.62. The topological polar surface area (TPSA) is 94.4 Å². The van der Waals surface area contributed by atoms with E-state index in [1.807, 2.05) is 42.5 Å². The van der Waals surface area contributed by atoms with Gasteiger partial charge in [-0.15, -0.1) is 0 Å². The number of hydrogen-bond donors (Lipinski definition) is 1. The van der Waals surface area contributed by atoms with Crippen molar-refractivity contribution in [1.82, 2.24) is 10.3 Å². The van der Waals surface area contributed by atoms with Gasteiger partial charge in [-0.2, -0.15) is 0 Å². The molecule has 1 amide bonds. The number of amides is 1. The van der Waals surface area contributed by atoms with Gasteiger partial charge in [0.15, 0.2) is 0 Å². The van der Waals surface area contributed by atoms with Crippen molar-refractivity contribution in [1.29, 1.82) is 0 Å². The third kappa shape index (κ3) is 5.38. The van der Waals surface area contributed by atoms with Crippen LogP contribution in [0.1, 0.15) is 16.8 Å². The van der Waals surface area contributed by atoms with Gasteiger partial charge in [0.2, 0.25) is 5.91 Å². The van der Waals surface area contributed by atoms with E-state index in [-0.39, 0.29) is 18.0 Å². The van der Waals surface area contributed by atoms with Crippen LogP contribution in [0.4, 0.5) is 5.69 Å². The van der Waals surface area contributed by atoms with Crippen molar-refractivity contribution in [2.24, 2.45) is 0 Å². The van der Waals surface area contributed by atoms with Crippen molar-refractivity contribution >= 4 is 11.6 Å². The minimum atomic E-state index is -0.480. The lowest BCUT2D eigenvalue weighted by Crippen LogP contribution is -2.24. The Balaban J connectivity index is 1.49. The molecule has 0 unspecified atom stereocenters. The molecule has 0 atom stereocenters. The predicted molar refractivity (Wildman–Crippen MR) is 104 cm³/mol. The summed E-state index contributed by atoms with van der Waals surface area (Å²) in [5.41, 5.74) is 2.09. The number of hydrogen-bond acceptors (Lipinski definition) is 5. The fraction of sp³-hybridized carbons (Fsp3) is 0.143. The third-order valence-electron chi connectivity index (χ3n) is 4.07. The number of carbonyl (C=O) groups excluding carboxylic acids is 1. The molecule has 28 heavy (non-hydrogen) atoms. The van der Waals surface area contributed by atoms with Gasteiger partial charge >= 0.3 is 0 Å². The lowest BCUT2D eigenvalue weighted by molar-refractivity contribution is -0.385. The summed E-state index contributed by atoms with van der Waals surface area (Å²) in [4.78, 5) is 26.9. The van der Waals surface area contributed by atoms with E-state index >= 15 is 0 Å². The molecule has 2 aromatic carbocycles. The van der Waals surface area contributed by atoms with Crippen LogP contribution in [0.15, 0.2) is 72.9 Å². The highest BCUT2D eigenvalue weighted by Gasteiger charge is 2.15. The number of para-hydroxylation sites is 1. The van der Waals surface area contributed by atoms with Gasteiger partial charge in [0.05, 0.1) is 17.0 Å². The quantitative estimate of drug-likeness (QED) is 0.479. The molecular formula is C21H19N3O4. The Morgan fingerprint density at radius 1 is 1.04 bits per heavy atom. The molecule has 142 valence electrons. The molecule has 0 aliphatic rings. The first kappa shape index (κ1) is 19.0. The average Bonchev–Trinajstić information content (AvgIpc) is 2.72. The summed E-state index contributed by atoms with van der Waals surface area (Å²) in [7, 11) is 0. The molecule has 0 saturated heterocycles. The van der Waals surface area contributed by atoms with Crippen LogP contribution in [-0.2, 0) is 24.4 Å². The van der Waals surface area contributed by atoms with Crippen LogP contribution in [0.25, 0.3) is 0 Å². The van der Waals surface area contributed by atoms with Crippen LogP contribution >= 0.6 is 0 Å². The number of pyridine rings is 1. The number of nitrogens with zero attached hydrogens (tertiary/aromatic N) is 2. The van der Waals surface area contributed by atoms with Gasteiger partial charge in [0.1, 0.15) is 12.4 Å². The molecule has 1 heterocycles. The van der Waals surface area contributed by atoms with E-state index in [1.54, 1.807) is 24.4 Å². The van der Waals surface area contributed by atoms with Crippen LogP contribution in [0.5, 0.6) is 5.75 Å². The molecule has 0 spiro atoms. The zero-order valence-corrected chi connectivity index (χ0v) is 15.1. The second kappa shape index (κ2) is 9.27. The summed E-state index contributed by atoms with van der Waals surface area (Å²) < 4.78 is 5.67. The highest BCUT2D eigenvalue weighted by Crippen LogP contribution is 2.18. The van der Waals surface area contributed by atoms with Crippen molar-refractivity contribution in [3.05, 3.63) is 99.9 Å². The summed E-state index contributed by atoms with van der Waals surface area (Å²) >= 11 is 0. The van der Waals surface area contributed by atoms with Crippen LogP contribution < -0.4 is 10.1 Å². The Labute approximate surface area is 162 Å². The molecule has 3 aromatic rings. The summed E-state index contributed by atoms with van der Waals surface area (Å²) in [5, 5.41) is 13.8. The maximum atomic E-state index is 12.1. The molecular weight excluding hydrogens is 358 g/mol. The van der Waals surface area contributed by atoms with E-state index in [9.17, 15) is 14.9 Å². The number of nitro groups is 1. The van der Waals surface area contributed by atoms with Gasteiger partial charge in [-0.3, -0.25) is 19.9 Å². The van der Waals surface area contributed by atoms with Gasteiger partial charge < -0.3 is 10.1 Å². The zero-order chi connectivity index (χ0) is 19.8. The molecule has 1 aromatic heterocycles. The van der Waals surface area contributed by atoms with Gasteiger partial charge in [-0.05, 0) is 29.8 Å². The molecule has 0 radical (unpaired) electrons. The largest absolute Gasteiger partial charge is 0.487 e. The molecule has 0 bridgehead atoms. The normalized spacial score (nSPS) is 10.3. The van der Waals surface area contributed by atoms with Crippen molar-refractivity contribution in [3.8, 4) is 5.75 Å². The number of nitro benzene ring substituents is 1. The standard InChI is InChI=1S/C21H19N3O4/c25-21(13-17-5-1-2-7-20(17)24(26)27)23-14-16-8-10-19(11-9-16)28-15-18-6-3-4-12-22-18/h1-12H,13-15H2,(H,23,25). The number of carbonyl (C=O) groups is 1. The molecule has 3 rings (SSSR count). The summed E-state index contributed by atoms with van der Waals surface area (Å²) in [6.45, 7) is 0.715. The predicted octanol–water partition coefficient (Wildman–Crippen LogP) is 3.43. The number of ether oxygens (including phenoxy) is 1.